The maximum atomic E-state index is 12.6. The second-order valence-corrected chi connectivity index (χ2v) is 8.87. The van der Waals surface area contributed by atoms with Crippen molar-refractivity contribution in [2.45, 2.75) is 13.3 Å². The van der Waals surface area contributed by atoms with Crippen LogP contribution < -0.4 is 5.32 Å². The van der Waals surface area contributed by atoms with Crippen molar-refractivity contribution in [2.75, 3.05) is 18.4 Å². The fourth-order valence-corrected chi connectivity index (χ4v) is 5.61. The maximum Gasteiger partial charge on any atom is 0.231 e. The Hall–Kier alpha value is -2.03. The molecule has 0 aliphatic carbocycles. The van der Waals surface area contributed by atoms with Crippen LogP contribution in [-0.4, -0.2) is 34.8 Å². The van der Waals surface area contributed by atoms with Crippen LogP contribution in [0.4, 0.5) is 5.13 Å². The van der Waals surface area contributed by atoms with Crippen LogP contribution in [0.1, 0.15) is 13.3 Å². The molecule has 0 aromatic carbocycles. The summed E-state index contributed by atoms with van der Waals surface area (Å²) in [5.41, 5.74) is 0.903. The number of thiophene rings is 2. The number of nitrogens with one attached hydrogen (secondary N) is 1. The number of nitrogens with zero attached hydrogens (tertiary/aromatic N) is 2. The molecule has 0 saturated carbocycles. The monoisotopic (exact) mass is 403 g/mol. The molecule has 26 heavy (non-hydrogen) atoms. The Bertz CT molecular complexity index is 864. The van der Waals surface area contributed by atoms with Crippen molar-refractivity contribution in [2.24, 2.45) is 5.92 Å². The lowest BCUT2D eigenvalue weighted by atomic mass is 10.1. The summed E-state index contributed by atoms with van der Waals surface area (Å²) in [5.74, 6) is -0.384. The minimum atomic E-state index is -0.304. The van der Waals surface area contributed by atoms with Gasteiger partial charge in [-0.15, -0.1) is 22.7 Å². The zero-order valence-electron chi connectivity index (χ0n) is 14.1. The Labute approximate surface area is 163 Å². The maximum absolute atomic E-state index is 12.6. The van der Waals surface area contributed by atoms with Crippen molar-refractivity contribution in [3.8, 4) is 20.3 Å². The molecule has 3 aromatic rings. The van der Waals surface area contributed by atoms with E-state index in [-0.39, 0.29) is 24.2 Å². The van der Waals surface area contributed by atoms with E-state index >= 15 is 0 Å². The van der Waals surface area contributed by atoms with Crippen LogP contribution in [0.3, 0.4) is 0 Å². The van der Waals surface area contributed by atoms with E-state index in [4.69, 9.17) is 0 Å². The standard InChI is InChI=1S/C18H17N3O2S3/c1-2-21-10-11(9-14(21)22)17(23)20-18-19-15(12-5-3-7-24-12)16(26-18)13-6-4-8-25-13/h3-8,11H,2,9-10H2,1H3,(H,19,20,23). The zero-order chi connectivity index (χ0) is 18.1. The van der Waals surface area contributed by atoms with E-state index in [0.717, 1.165) is 20.3 Å². The van der Waals surface area contributed by atoms with Gasteiger partial charge in [-0.25, -0.2) is 4.98 Å². The molecule has 0 radical (unpaired) electrons. The molecule has 3 aromatic heterocycles. The molecule has 1 N–H and O–H groups in total. The SMILES string of the molecule is CCN1CC(C(=O)Nc2nc(-c3cccs3)c(-c3cccs3)s2)CC1=O. The van der Waals surface area contributed by atoms with Crippen LogP contribution in [0.5, 0.6) is 0 Å². The van der Waals surface area contributed by atoms with Crippen molar-refractivity contribution in [1.82, 2.24) is 9.88 Å². The van der Waals surface area contributed by atoms with Crippen LogP contribution in [0.2, 0.25) is 0 Å². The van der Waals surface area contributed by atoms with Crippen LogP contribution in [0.15, 0.2) is 35.0 Å². The number of amides is 2. The molecule has 1 saturated heterocycles. The average Bonchev–Trinajstić information content (AvgIpc) is 3.40. The summed E-state index contributed by atoms with van der Waals surface area (Å²) in [7, 11) is 0. The topological polar surface area (TPSA) is 62.3 Å². The molecule has 5 nitrogen and oxygen atoms in total. The first kappa shape index (κ1) is 17.4. The molecule has 134 valence electrons. The van der Waals surface area contributed by atoms with Gasteiger partial charge in [-0.3, -0.25) is 9.59 Å². The van der Waals surface area contributed by atoms with E-state index in [1.165, 1.54) is 11.3 Å². The third-order valence-corrected chi connectivity index (χ3v) is 7.22. The summed E-state index contributed by atoms with van der Waals surface area (Å²) < 4.78 is 0. The number of anilines is 1. The van der Waals surface area contributed by atoms with E-state index in [1.54, 1.807) is 27.6 Å². The third-order valence-electron chi connectivity index (χ3n) is 4.32. The number of aromatic nitrogens is 1. The highest BCUT2D eigenvalue weighted by Crippen LogP contribution is 2.42. The molecule has 1 fully saturated rings. The first-order valence-electron chi connectivity index (χ1n) is 8.33. The number of thiazole rings is 1. The summed E-state index contributed by atoms with van der Waals surface area (Å²) in [4.78, 5) is 34.2. The molecule has 1 aliphatic rings. The number of carbonyl (C=O) groups excluding carboxylic acids is 2. The Morgan fingerprint density at radius 3 is 2.62 bits per heavy atom. The molecule has 1 aliphatic heterocycles. The van der Waals surface area contributed by atoms with Gasteiger partial charge < -0.3 is 10.2 Å². The quantitative estimate of drug-likeness (QED) is 0.686. The number of rotatable bonds is 5. The Balaban J connectivity index is 1.59. The van der Waals surface area contributed by atoms with E-state index in [0.29, 0.717) is 18.2 Å². The fourth-order valence-electron chi connectivity index (χ4n) is 2.99. The fraction of sp³-hybridized carbons (Fsp3) is 0.278. The van der Waals surface area contributed by atoms with Crippen LogP contribution in [0.25, 0.3) is 20.3 Å². The van der Waals surface area contributed by atoms with E-state index < -0.39 is 0 Å². The second-order valence-electron chi connectivity index (χ2n) is 5.97. The Kier molecular flexibility index (Phi) is 4.88. The van der Waals surface area contributed by atoms with Gasteiger partial charge in [0.25, 0.3) is 0 Å². The predicted octanol–water partition coefficient (Wildman–Crippen LogP) is 4.41. The third kappa shape index (κ3) is 3.32. The van der Waals surface area contributed by atoms with Gasteiger partial charge in [0.15, 0.2) is 5.13 Å². The van der Waals surface area contributed by atoms with Gasteiger partial charge in [-0.1, -0.05) is 23.5 Å². The number of hydrogen-bond acceptors (Lipinski definition) is 6. The summed E-state index contributed by atoms with van der Waals surface area (Å²) in [6, 6.07) is 8.12. The Morgan fingerprint density at radius 1 is 1.27 bits per heavy atom. The van der Waals surface area contributed by atoms with Gasteiger partial charge in [0, 0.05) is 24.4 Å². The highest BCUT2D eigenvalue weighted by Gasteiger charge is 2.34. The zero-order valence-corrected chi connectivity index (χ0v) is 16.5. The molecule has 1 unspecified atom stereocenters. The lowest BCUT2D eigenvalue weighted by Crippen LogP contribution is -2.28. The van der Waals surface area contributed by atoms with E-state index in [1.807, 2.05) is 35.9 Å². The highest BCUT2D eigenvalue weighted by molar-refractivity contribution is 7.24. The predicted molar refractivity (Wildman–Crippen MR) is 108 cm³/mol. The smallest absolute Gasteiger partial charge is 0.231 e. The lowest BCUT2D eigenvalue weighted by molar-refractivity contribution is -0.128. The van der Waals surface area contributed by atoms with Crippen LogP contribution in [-0.2, 0) is 9.59 Å². The van der Waals surface area contributed by atoms with Crippen molar-refractivity contribution >= 4 is 51.0 Å². The largest absolute Gasteiger partial charge is 0.342 e. The number of hydrogen-bond donors (Lipinski definition) is 1. The van der Waals surface area contributed by atoms with Crippen LogP contribution in [0, 0.1) is 5.92 Å². The molecule has 2 amide bonds. The summed E-state index contributed by atoms with van der Waals surface area (Å²) in [5, 5.41) is 7.58. The highest BCUT2D eigenvalue weighted by atomic mass is 32.1. The lowest BCUT2D eigenvalue weighted by Gasteiger charge is -2.12. The van der Waals surface area contributed by atoms with Crippen molar-refractivity contribution in [1.29, 1.82) is 0 Å². The Morgan fingerprint density at radius 2 is 2.00 bits per heavy atom. The molecule has 0 bridgehead atoms. The first-order valence-corrected chi connectivity index (χ1v) is 10.9. The number of likely N-dealkylation sites (tertiary alicyclic amines) is 1. The number of carbonyl (C=O) groups is 2. The molecular weight excluding hydrogens is 386 g/mol. The van der Waals surface area contributed by atoms with Gasteiger partial charge in [0.05, 0.1) is 15.7 Å². The summed E-state index contributed by atoms with van der Waals surface area (Å²) >= 11 is 4.78. The van der Waals surface area contributed by atoms with E-state index in [2.05, 4.69) is 16.4 Å². The minimum absolute atomic E-state index is 0.0466. The van der Waals surface area contributed by atoms with Gasteiger partial charge in [-0.2, -0.15) is 0 Å². The summed E-state index contributed by atoms with van der Waals surface area (Å²) in [6.45, 7) is 3.06. The molecule has 0 spiro atoms. The molecule has 4 heterocycles. The van der Waals surface area contributed by atoms with Gasteiger partial charge in [-0.05, 0) is 29.8 Å². The molecule has 8 heteroatoms. The second kappa shape index (κ2) is 7.30. The van der Waals surface area contributed by atoms with Crippen molar-refractivity contribution in [3.63, 3.8) is 0 Å². The van der Waals surface area contributed by atoms with Crippen molar-refractivity contribution < 1.29 is 9.59 Å². The van der Waals surface area contributed by atoms with Gasteiger partial charge in [0.2, 0.25) is 11.8 Å². The summed E-state index contributed by atoms with van der Waals surface area (Å²) in [6.07, 6.45) is 0.278. The van der Waals surface area contributed by atoms with Crippen molar-refractivity contribution in [3.05, 3.63) is 35.0 Å². The van der Waals surface area contributed by atoms with Crippen LogP contribution >= 0.6 is 34.0 Å². The van der Waals surface area contributed by atoms with Gasteiger partial charge in [0.1, 0.15) is 5.69 Å². The normalized spacial score (nSPS) is 17.0. The molecule has 4 rings (SSSR count). The molecule has 1 atom stereocenters. The molecular formula is C18H17N3O2S3. The van der Waals surface area contributed by atoms with E-state index in [9.17, 15) is 9.59 Å². The minimum Gasteiger partial charge on any atom is -0.342 e. The first-order chi connectivity index (χ1) is 12.7. The average molecular weight is 404 g/mol. The van der Waals surface area contributed by atoms with Gasteiger partial charge >= 0.3 is 0 Å².